The van der Waals surface area contributed by atoms with Crippen LogP contribution in [-0.2, 0) is 12.8 Å². The van der Waals surface area contributed by atoms with Crippen molar-refractivity contribution in [2.75, 3.05) is 0 Å². The molecule has 24 heavy (non-hydrogen) atoms. The summed E-state index contributed by atoms with van der Waals surface area (Å²) in [5, 5.41) is 0. The van der Waals surface area contributed by atoms with Crippen LogP contribution in [0.4, 0.5) is 8.78 Å². The Morgan fingerprint density at radius 1 is 0.833 bits per heavy atom. The first-order valence-electron chi connectivity index (χ1n) is 8.29. The lowest BCUT2D eigenvalue weighted by Gasteiger charge is -2.08. The minimum atomic E-state index is -0.505. The van der Waals surface area contributed by atoms with Crippen LogP contribution in [0.1, 0.15) is 30.7 Å². The number of thiophene rings is 1. The third-order valence-electron chi connectivity index (χ3n) is 4.14. The lowest BCUT2D eigenvalue weighted by molar-refractivity contribution is 0.591. The Hall–Kier alpha value is -2.00. The van der Waals surface area contributed by atoms with E-state index < -0.39 is 11.6 Å². The summed E-state index contributed by atoms with van der Waals surface area (Å²) in [6.07, 6.45) is 2.91. The molecule has 0 aliphatic heterocycles. The first-order chi connectivity index (χ1) is 11.6. The quantitative estimate of drug-likeness (QED) is 0.474. The van der Waals surface area contributed by atoms with Gasteiger partial charge in [-0.25, -0.2) is 8.78 Å². The van der Waals surface area contributed by atoms with Gasteiger partial charge in [-0.15, -0.1) is 11.3 Å². The zero-order chi connectivity index (χ0) is 17.1. The monoisotopic (exact) mass is 342 g/mol. The minimum absolute atomic E-state index is 0.0799. The van der Waals surface area contributed by atoms with E-state index in [1.165, 1.54) is 29.0 Å². The molecule has 0 spiro atoms. The van der Waals surface area contributed by atoms with Gasteiger partial charge in [-0.3, -0.25) is 0 Å². The summed E-state index contributed by atoms with van der Waals surface area (Å²) in [5.74, 6) is -1.01. The second kappa shape index (κ2) is 7.27. The van der Waals surface area contributed by atoms with Crippen LogP contribution in [0, 0.1) is 11.6 Å². The predicted molar refractivity (Wildman–Crippen MR) is 98.5 cm³/mol. The summed E-state index contributed by atoms with van der Waals surface area (Å²) in [7, 11) is 0. The Balaban J connectivity index is 1.98. The molecular weight excluding hydrogens is 322 g/mol. The number of aryl methyl sites for hydroxylation is 2. The minimum Gasteiger partial charge on any atom is -0.206 e. The number of rotatable bonds is 5. The van der Waals surface area contributed by atoms with Crippen molar-refractivity contribution >= 4 is 11.3 Å². The summed E-state index contributed by atoms with van der Waals surface area (Å²) < 4.78 is 29.2. The lowest BCUT2D eigenvalue weighted by atomic mass is 10.0. The van der Waals surface area contributed by atoms with Crippen molar-refractivity contribution in [3.05, 3.63) is 70.6 Å². The summed E-state index contributed by atoms with van der Waals surface area (Å²) in [4.78, 5) is 1.81. The number of hydrogen-bond donors (Lipinski definition) is 0. The van der Waals surface area contributed by atoms with Crippen molar-refractivity contribution in [2.24, 2.45) is 0 Å². The van der Waals surface area contributed by atoms with Gasteiger partial charge < -0.3 is 0 Å². The molecule has 3 heteroatoms. The topological polar surface area (TPSA) is 0 Å². The van der Waals surface area contributed by atoms with E-state index in [1.807, 2.05) is 36.4 Å². The van der Waals surface area contributed by atoms with Crippen LogP contribution < -0.4 is 0 Å². The van der Waals surface area contributed by atoms with Crippen LogP contribution in [-0.4, -0.2) is 0 Å². The van der Waals surface area contributed by atoms with E-state index in [-0.39, 0.29) is 5.56 Å². The molecule has 0 atom stereocenters. The molecule has 0 N–H and O–H groups in total. The van der Waals surface area contributed by atoms with Crippen LogP contribution >= 0.6 is 11.3 Å². The van der Waals surface area contributed by atoms with Gasteiger partial charge in [0.1, 0.15) is 11.6 Å². The van der Waals surface area contributed by atoms with Crippen molar-refractivity contribution in [3.63, 3.8) is 0 Å². The maximum absolute atomic E-state index is 14.6. The van der Waals surface area contributed by atoms with Crippen molar-refractivity contribution in [2.45, 2.75) is 33.1 Å². The van der Waals surface area contributed by atoms with E-state index in [2.05, 4.69) is 13.8 Å². The van der Waals surface area contributed by atoms with Gasteiger partial charge >= 0.3 is 0 Å². The van der Waals surface area contributed by atoms with Crippen LogP contribution in [0.2, 0.25) is 0 Å². The molecule has 2 aromatic carbocycles. The molecule has 0 unspecified atom stereocenters. The number of halogens is 2. The fourth-order valence-corrected chi connectivity index (χ4v) is 3.96. The molecule has 0 bridgehead atoms. The fourth-order valence-electron chi connectivity index (χ4n) is 2.80. The number of hydrogen-bond acceptors (Lipinski definition) is 1. The van der Waals surface area contributed by atoms with Gasteiger partial charge in [-0.05, 0) is 53.8 Å². The molecule has 0 saturated carbocycles. The van der Waals surface area contributed by atoms with Gasteiger partial charge in [0.2, 0.25) is 0 Å². The second-order valence-electron chi connectivity index (χ2n) is 5.88. The molecule has 3 aromatic rings. The fraction of sp³-hybridized carbons (Fsp3) is 0.238. The summed E-state index contributed by atoms with van der Waals surface area (Å²) >= 11 is 1.47. The molecule has 0 radical (unpaired) electrons. The first kappa shape index (κ1) is 16.8. The van der Waals surface area contributed by atoms with Gasteiger partial charge in [0.25, 0.3) is 0 Å². The average Bonchev–Trinajstić information content (AvgIpc) is 3.03. The molecule has 0 saturated heterocycles. The van der Waals surface area contributed by atoms with E-state index in [0.29, 0.717) is 10.4 Å². The van der Waals surface area contributed by atoms with Crippen LogP contribution in [0.25, 0.3) is 21.6 Å². The van der Waals surface area contributed by atoms with Gasteiger partial charge in [0.15, 0.2) is 0 Å². The molecule has 0 amide bonds. The highest BCUT2D eigenvalue weighted by atomic mass is 32.1. The van der Waals surface area contributed by atoms with Crippen LogP contribution in [0.5, 0.6) is 0 Å². The third kappa shape index (κ3) is 3.41. The molecule has 0 aliphatic rings. The Labute approximate surface area is 145 Å². The Kier molecular flexibility index (Phi) is 5.10. The lowest BCUT2D eigenvalue weighted by Crippen LogP contribution is -1.91. The number of benzene rings is 2. The smallest absolute Gasteiger partial charge is 0.135 e. The largest absolute Gasteiger partial charge is 0.206 e. The highest BCUT2D eigenvalue weighted by Gasteiger charge is 2.16. The summed E-state index contributed by atoms with van der Waals surface area (Å²) in [6, 6.07) is 14.4. The van der Waals surface area contributed by atoms with Crippen LogP contribution in [0.3, 0.4) is 0 Å². The van der Waals surface area contributed by atoms with Crippen molar-refractivity contribution in [1.29, 1.82) is 0 Å². The Bertz CT molecular complexity index is 808. The van der Waals surface area contributed by atoms with Crippen molar-refractivity contribution in [3.8, 4) is 21.6 Å². The van der Waals surface area contributed by atoms with Crippen molar-refractivity contribution in [1.82, 2.24) is 0 Å². The van der Waals surface area contributed by atoms with E-state index in [1.54, 1.807) is 0 Å². The molecule has 0 aliphatic carbocycles. The molecule has 124 valence electrons. The Morgan fingerprint density at radius 2 is 1.50 bits per heavy atom. The SMILES string of the molecule is CCCc1ccc(-c2c(F)cc(-c3ccc(CC)cc3)cc2F)s1. The molecular formula is C21H20F2S. The average molecular weight is 342 g/mol. The third-order valence-corrected chi connectivity index (χ3v) is 5.30. The zero-order valence-electron chi connectivity index (χ0n) is 13.9. The van der Waals surface area contributed by atoms with E-state index in [4.69, 9.17) is 0 Å². The Morgan fingerprint density at radius 3 is 2.08 bits per heavy atom. The second-order valence-corrected chi connectivity index (χ2v) is 7.05. The summed E-state index contributed by atoms with van der Waals surface area (Å²) in [6.45, 7) is 4.18. The van der Waals surface area contributed by atoms with Gasteiger partial charge in [0, 0.05) is 9.75 Å². The highest BCUT2D eigenvalue weighted by Crippen LogP contribution is 2.35. The molecule has 1 aromatic heterocycles. The molecule has 0 fully saturated rings. The maximum atomic E-state index is 14.6. The maximum Gasteiger partial charge on any atom is 0.135 e. The van der Waals surface area contributed by atoms with Gasteiger partial charge in [-0.2, -0.15) is 0 Å². The first-order valence-corrected chi connectivity index (χ1v) is 9.11. The van der Waals surface area contributed by atoms with Gasteiger partial charge in [-0.1, -0.05) is 44.5 Å². The normalized spacial score (nSPS) is 11.0. The van der Waals surface area contributed by atoms with E-state index in [9.17, 15) is 8.78 Å². The van der Waals surface area contributed by atoms with Gasteiger partial charge in [0.05, 0.1) is 5.56 Å². The van der Waals surface area contributed by atoms with Crippen molar-refractivity contribution < 1.29 is 8.78 Å². The highest BCUT2D eigenvalue weighted by molar-refractivity contribution is 7.15. The van der Waals surface area contributed by atoms with Crippen LogP contribution in [0.15, 0.2) is 48.5 Å². The zero-order valence-corrected chi connectivity index (χ0v) is 14.7. The van der Waals surface area contributed by atoms with E-state index in [0.717, 1.165) is 29.7 Å². The predicted octanol–water partition coefficient (Wildman–Crippen LogP) is 6.88. The standard InChI is InChI=1S/C21H20F2S/c1-3-5-17-10-11-20(24-17)21-18(22)12-16(13-19(21)23)15-8-6-14(4-2)7-9-15/h6-13H,3-5H2,1-2H3. The molecule has 0 nitrogen and oxygen atoms in total. The molecule has 3 rings (SSSR count). The summed E-state index contributed by atoms with van der Waals surface area (Å²) in [5.41, 5.74) is 2.69. The van der Waals surface area contributed by atoms with E-state index >= 15 is 0 Å². The molecule has 1 heterocycles.